The summed E-state index contributed by atoms with van der Waals surface area (Å²) >= 11 is 0. The van der Waals surface area contributed by atoms with Crippen LogP contribution in [0.2, 0.25) is 0 Å². The lowest BCUT2D eigenvalue weighted by Crippen LogP contribution is -2.21. The van der Waals surface area contributed by atoms with E-state index in [4.69, 9.17) is 0 Å². The van der Waals surface area contributed by atoms with Crippen LogP contribution in [0.15, 0.2) is 79.0 Å². The third-order valence-electron chi connectivity index (χ3n) is 5.75. The number of pyridine rings is 1. The third kappa shape index (κ3) is 3.89. The van der Waals surface area contributed by atoms with Gasteiger partial charge >= 0.3 is 0 Å². The Labute approximate surface area is 182 Å². The summed E-state index contributed by atoms with van der Waals surface area (Å²) in [5, 5.41) is 0. The van der Waals surface area contributed by atoms with Crippen molar-refractivity contribution in [2.75, 3.05) is 18.0 Å². The molecule has 0 bridgehead atoms. The predicted molar refractivity (Wildman–Crippen MR) is 126 cm³/mol. The summed E-state index contributed by atoms with van der Waals surface area (Å²) in [6.07, 6.45) is 1.82. The van der Waals surface area contributed by atoms with Crippen LogP contribution in [0.4, 0.5) is 5.69 Å². The molecule has 0 saturated heterocycles. The van der Waals surface area contributed by atoms with Crippen LogP contribution in [0.5, 0.6) is 0 Å². The number of carbonyl (C=O) groups is 2. The average Bonchev–Trinajstić information content (AvgIpc) is 3.19. The molecule has 0 N–H and O–H groups in total. The molecule has 0 atom stereocenters. The Kier molecular flexibility index (Phi) is 5.72. The lowest BCUT2D eigenvalue weighted by molar-refractivity contribution is 0.101. The molecule has 0 unspecified atom stereocenters. The smallest absolute Gasteiger partial charge is 0.209 e. The van der Waals surface area contributed by atoms with E-state index < -0.39 is 0 Å². The Morgan fingerprint density at radius 1 is 0.839 bits per heavy atom. The van der Waals surface area contributed by atoms with Crippen LogP contribution in [0, 0.1) is 0 Å². The van der Waals surface area contributed by atoms with Crippen LogP contribution in [0.25, 0.3) is 16.6 Å². The minimum atomic E-state index is -0.0427. The summed E-state index contributed by atoms with van der Waals surface area (Å²) in [5.74, 6) is -0.0403. The number of aromatic nitrogens is 1. The largest absolute Gasteiger partial charge is 0.372 e. The predicted octanol–water partition coefficient (Wildman–Crippen LogP) is 5.89. The molecule has 2 aromatic carbocycles. The fourth-order valence-corrected chi connectivity index (χ4v) is 4.00. The van der Waals surface area contributed by atoms with Crippen molar-refractivity contribution < 1.29 is 9.59 Å². The van der Waals surface area contributed by atoms with Gasteiger partial charge in [-0.05, 0) is 68.8 Å². The zero-order chi connectivity index (χ0) is 22.0. The highest BCUT2D eigenvalue weighted by atomic mass is 16.1. The van der Waals surface area contributed by atoms with Crippen molar-refractivity contribution >= 4 is 22.8 Å². The Balaban J connectivity index is 1.82. The van der Waals surface area contributed by atoms with Gasteiger partial charge in [0.15, 0.2) is 5.78 Å². The number of nitrogens with zero attached hydrogens (tertiary/aromatic N) is 2. The van der Waals surface area contributed by atoms with Crippen molar-refractivity contribution in [2.24, 2.45) is 0 Å². The number of anilines is 1. The minimum Gasteiger partial charge on any atom is -0.372 e. The van der Waals surface area contributed by atoms with Gasteiger partial charge in [0.25, 0.3) is 0 Å². The highest BCUT2D eigenvalue weighted by Crippen LogP contribution is 2.30. The molecule has 4 aromatic rings. The second-order valence-corrected chi connectivity index (χ2v) is 7.58. The molecular weight excluding hydrogens is 384 g/mol. The molecule has 4 rings (SSSR count). The summed E-state index contributed by atoms with van der Waals surface area (Å²) in [6.45, 7) is 7.64. The monoisotopic (exact) mass is 410 g/mol. The van der Waals surface area contributed by atoms with Crippen LogP contribution < -0.4 is 4.90 Å². The van der Waals surface area contributed by atoms with E-state index in [-0.39, 0.29) is 11.6 Å². The van der Waals surface area contributed by atoms with Crippen LogP contribution in [0.1, 0.15) is 47.2 Å². The van der Waals surface area contributed by atoms with E-state index in [1.54, 1.807) is 13.0 Å². The van der Waals surface area contributed by atoms with Gasteiger partial charge in [0, 0.05) is 41.7 Å². The minimum absolute atomic E-state index is 0.00239. The lowest BCUT2D eigenvalue weighted by Gasteiger charge is -2.21. The SMILES string of the molecule is CCN(CC)c1ccc(C(=O)c2cc(-c3ccccc3)c3cc(C(C)=O)ccn23)cc1. The maximum Gasteiger partial charge on any atom is 0.209 e. The van der Waals surface area contributed by atoms with Crippen LogP contribution in [0.3, 0.4) is 0 Å². The van der Waals surface area contributed by atoms with Gasteiger partial charge in [-0.3, -0.25) is 9.59 Å². The molecule has 0 amide bonds. The van der Waals surface area contributed by atoms with Gasteiger partial charge in [-0.2, -0.15) is 0 Å². The van der Waals surface area contributed by atoms with E-state index in [1.807, 2.05) is 77.3 Å². The maximum atomic E-state index is 13.4. The van der Waals surface area contributed by atoms with Gasteiger partial charge in [-0.25, -0.2) is 0 Å². The van der Waals surface area contributed by atoms with E-state index in [1.165, 1.54) is 0 Å². The van der Waals surface area contributed by atoms with Crippen molar-refractivity contribution in [3.05, 3.63) is 95.8 Å². The summed E-state index contributed by atoms with van der Waals surface area (Å²) in [4.78, 5) is 27.6. The summed E-state index contributed by atoms with van der Waals surface area (Å²) in [6, 6.07) is 23.3. The van der Waals surface area contributed by atoms with E-state index in [0.29, 0.717) is 16.8 Å². The molecule has 0 radical (unpaired) electrons. The van der Waals surface area contributed by atoms with Gasteiger partial charge < -0.3 is 9.30 Å². The van der Waals surface area contributed by atoms with Crippen LogP contribution in [-0.4, -0.2) is 29.1 Å². The molecular formula is C27H26N2O2. The molecule has 0 aliphatic carbocycles. The zero-order valence-corrected chi connectivity index (χ0v) is 18.1. The highest BCUT2D eigenvalue weighted by Gasteiger charge is 2.19. The molecule has 0 aliphatic heterocycles. The Morgan fingerprint density at radius 3 is 2.13 bits per heavy atom. The molecule has 31 heavy (non-hydrogen) atoms. The van der Waals surface area contributed by atoms with E-state index in [2.05, 4.69) is 18.7 Å². The van der Waals surface area contributed by atoms with E-state index >= 15 is 0 Å². The van der Waals surface area contributed by atoms with Crippen molar-refractivity contribution in [3.63, 3.8) is 0 Å². The van der Waals surface area contributed by atoms with Crippen molar-refractivity contribution in [2.45, 2.75) is 20.8 Å². The third-order valence-corrected chi connectivity index (χ3v) is 5.75. The number of Topliss-reactive ketones (excluding diaryl/α,β-unsaturated/α-hetero) is 1. The number of carbonyl (C=O) groups excluding carboxylic acids is 2. The van der Waals surface area contributed by atoms with Gasteiger partial charge in [-0.15, -0.1) is 0 Å². The van der Waals surface area contributed by atoms with Gasteiger partial charge in [0.05, 0.1) is 11.2 Å². The topological polar surface area (TPSA) is 41.8 Å². The number of benzene rings is 2. The van der Waals surface area contributed by atoms with Gasteiger partial charge in [0.2, 0.25) is 5.78 Å². The standard InChI is InChI=1S/C27H26N2O2/c1-4-28(5-2)23-13-11-21(12-14-23)27(31)26-18-24(20-9-7-6-8-10-20)25-17-22(19(3)30)15-16-29(25)26/h6-18H,4-5H2,1-3H3. The number of ketones is 2. The molecule has 0 fully saturated rings. The molecule has 2 heterocycles. The zero-order valence-electron chi connectivity index (χ0n) is 18.1. The molecule has 0 spiro atoms. The number of hydrogen-bond acceptors (Lipinski definition) is 3. The van der Waals surface area contributed by atoms with Gasteiger partial charge in [0.1, 0.15) is 0 Å². The lowest BCUT2D eigenvalue weighted by atomic mass is 10.0. The second kappa shape index (κ2) is 8.60. The quantitative estimate of drug-likeness (QED) is 0.357. The summed E-state index contributed by atoms with van der Waals surface area (Å²) in [7, 11) is 0. The average molecular weight is 411 g/mol. The fourth-order valence-electron chi connectivity index (χ4n) is 4.00. The number of hydrogen-bond donors (Lipinski definition) is 0. The van der Waals surface area contributed by atoms with E-state index in [0.717, 1.165) is 35.4 Å². The maximum absolute atomic E-state index is 13.4. The first kappa shape index (κ1) is 20.6. The van der Waals surface area contributed by atoms with Crippen molar-refractivity contribution in [3.8, 4) is 11.1 Å². The van der Waals surface area contributed by atoms with Crippen molar-refractivity contribution in [1.82, 2.24) is 4.40 Å². The number of fused-ring (bicyclic) bond motifs is 1. The summed E-state index contributed by atoms with van der Waals surface area (Å²) < 4.78 is 1.88. The van der Waals surface area contributed by atoms with Gasteiger partial charge in [-0.1, -0.05) is 30.3 Å². The molecule has 2 aromatic heterocycles. The molecule has 156 valence electrons. The molecule has 4 nitrogen and oxygen atoms in total. The van der Waals surface area contributed by atoms with E-state index in [9.17, 15) is 9.59 Å². The van der Waals surface area contributed by atoms with Crippen LogP contribution >= 0.6 is 0 Å². The first-order valence-corrected chi connectivity index (χ1v) is 10.6. The first-order valence-electron chi connectivity index (χ1n) is 10.6. The molecule has 0 saturated carbocycles. The fraction of sp³-hybridized carbons (Fsp3) is 0.185. The summed E-state index contributed by atoms with van der Waals surface area (Å²) in [5.41, 5.74) is 5.76. The molecule has 4 heteroatoms. The first-order chi connectivity index (χ1) is 15.0. The Bertz CT molecular complexity index is 1230. The van der Waals surface area contributed by atoms with Crippen molar-refractivity contribution in [1.29, 1.82) is 0 Å². The normalized spacial score (nSPS) is 10.9. The van der Waals surface area contributed by atoms with Crippen LogP contribution in [-0.2, 0) is 0 Å². The Hall–Kier alpha value is -3.66. The molecule has 0 aliphatic rings. The second-order valence-electron chi connectivity index (χ2n) is 7.58. The number of rotatable bonds is 7. The Morgan fingerprint density at radius 2 is 1.52 bits per heavy atom. The highest BCUT2D eigenvalue weighted by molar-refractivity contribution is 6.10.